The number of carbonyl (C=O) groups is 1. The zero-order valence-corrected chi connectivity index (χ0v) is 18.0. The molecule has 2 unspecified atom stereocenters. The van der Waals surface area contributed by atoms with Crippen LogP contribution >= 0.6 is 12.4 Å². The van der Waals surface area contributed by atoms with Gasteiger partial charge >= 0.3 is 0 Å². The normalized spacial score (nSPS) is 25.8. The molecule has 3 aliphatic rings. The van der Waals surface area contributed by atoms with E-state index < -0.39 is 10.0 Å². The molecule has 3 aliphatic heterocycles. The predicted molar refractivity (Wildman–Crippen MR) is 112 cm³/mol. The Morgan fingerprint density at radius 2 is 1.75 bits per heavy atom. The Hall–Kier alpha value is -1.15. The lowest BCUT2D eigenvalue weighted by atomic mass is 10.0. The van der Waals surface area contributed by atoms with Gasteiger partial charge in [-0.3, -0.25) is 4.79 Å². The summed E-state index contributed by atoms with van der Waals surface area (Å²) in [7, 11) is -3.53. The number of halogens is 1. The molecule has 156 valence electrons. The van der Waals surface area contributed by atoms with Gasteiger partial charge in [0, 0.05) is 43.8 Å². The van der Waals surface area contributed by atoms with Crippen molar-refractivity contribution in [2.75, 3.05) is 26.2 Å². The van der Waals surface area contributed by atoms with E-state index in [0.29, 0.717) is 37.3 Å². The van der Waals surface area contributed by atoms with Gasteiger partial charge in [-0.05, 0) is 56.7 Å². The number of piperidine rings is 1. The van der Waals surface area contributed by atoms with Crippen molar-refractivity contribution in [3.8, 4) is 0 Å². The van der Waals surface area contributed by atoms with Crippen molar-refractivity contribution in [3.05, 3.63) is 29.3 Å². The molecule has 1 N–H and O–H groups in total. The Labute approximate surface area is 174 Å². The molecule has 6 nitrogen and oxygen atoms in total. The van der Waals surface area contributed by atoms with Crippen molar-refractivity contribution in [3.63, 3.8) is 0 Å². The van der Waals surface area contributed by atoms with Gasteiger partial charge in [0.25, 0.3) is 5.91 Å². The number of aryl methyl sites for hydroxylation is 1. The summed E-state index contributed by atoms with van der Waals surface area (Å²) < 4.78 is 27.6. The Morgan fingerprint density at radius 3 is 2.50 bits per heavy atom. The molecule has 0 aliphatic carbocycles. The summed E-state index contributed by atoms with van der Waals surface area (Å²) in [5, 5.41) is 3.59. The summed E-state index contributed by atoms with van der Waals surface area (Å²) in [4.78, 5) is 15.3. The maximum absolute atomic E-state index is 13.2. The number of hydrogen-bond donors (Lipinski definition) is 1. The Morgan fingerprint density at radius 1 is 1.04 bits per heavy atom. The first-order valence-electron chi connectivity index (χ1n) is 10.1. The number of benzene rings is 1. The molecule has 2 atom stereocenters. The second-order valence-electron chi connectivity index (χ2n) is 8.12. The summed E-state index contributed by atoms with van der Waals surface area (Å²) in [5.41, 5.74) is 1.35. The van der Waals surface area contributed by atoms with Gasteiger partial charge in [-0.15, -0.1) is 12.4 Å². The molecule has 4 rings (SSSR count). The molecule has 3 heterocycles. The second-order valence-corrected chi connectivity index (χ2v) is 10.1. The molecule has 2 bridgehead atoms. The number of hydrogen-bond acceptors (Lipinski definition) is 4. The van der Waals surface area contributed by atoms with Crippen molar-refractivity contribution in [1.29, 1.82) is 0 Å². The summed E-state index contributed by atoms with van der Waals surface area (Å²) in [6.45, 7) is 4.46. The van der Waals surface area contributed by atoms with Crippen LogP contribution in [0.3, 0.4) is 0 Å². The van der Waals surface area contributed by atoms with E-state index in [1.165, 1.54) is 6.42 Å². The number of nitrogens with zero attached hydrogens (tertiary/aromatic N) is 2. The average Bonchev–Trinajstić information content (AvgIpc) is 3.01. The molecule has 8 heteroatoms. The molecule has 0 saturated carbocycles. The molecule has 3 fully saturated rings. The number of nitrogens with one attached hydrogen (secondary N) is 1. The molecule has 3 saturated heterocycles. The summed E-state index contributed by atoms with van der Waals surface area (Å²) in [6.07, 6.45) is 6.15. The molecule has 1 aromatic rings. The first kappa shape index (κ1) is 21.6. The van der Waals surface area contributed by atoms with Gasteiger partial charge in [-0.1, -0.05) is 12.5 Å². The average molecular weight is 428 g/mol. The van der Waals surface area contributed by atoms with Crippen LogP contribution in [0.25, 0.3) is 0 Å². The van der Waals surface area contributed by atoms with Crippen LogP contribution in [0.1, 0.15) is 54.4 Å². The van der Waals surface area contributed by atoms with E-state index in [1.807, 2.05) is 11.8 Å². The number of fused-ring (bicyclic) bond motifs is 2. The van der Waals surface area contributed by atoms with Crippen LogP contribution in [0, 0.1) is 6.92 Å². The van der Waals surface area contributed by atoms with E-state index >= 15 is 0 Å². The fraction of sp³-hybridized carbons (Fsp3) is 0.650. The lowest BCUT2D eigenvalue weighted by Crippen LogP contribution is -2.39. The van der Waals surface area contributed by atoms with E-state index in [4.69, 9.17) is 0 Å². The first-order valence-corrected chi connectivity index (χ1v) is 11.6. The molecular formula is C20H30ClN3O3S. The summed E-state index contributed by atoms with van der Waals surface area (Å²) in [5.74, 6) is -0.0439. The van der Waals surface area contributed by atoms with Crippen molar-refractivity contribution in [2.45, 2.75) is 62.4 Å². The SMILES string of the molecule is Cc1ccc(S(=O)(=O)N2CCCCC2)cc1C(=O)N1CCC2CCC(C1)N2.Cl. The molecule has 1 aromatic carbocycles. The topological polar surface area (TPSA) is 69.7 Å². The number of sulfonamides is 1. The minimum absolute atomic E-state index is 0. The van der Waals surface area contributed by atoms with Crippen molar-refractivity contribution >= 4 is 28.3 Å². The maximum Gasteiger partial charge on any atom is 0.254 e. The third-order valence-corrected chi connectivity index (χ3v) is 8.10. The van der Waals surface area contributed by atoms with Gasteiger partial charge in [0.2, 0.25) is 10.0 Å². The van der Waals surface area contributed by atoms with Gasteiger partial charge in [-0.25, -0.2) is 8.42 Å². The quantitative estimate of drug-likeness (QED) is 0.804. The van der Waals surface area contributed by atoms with Crippen LogP contribution in [-0.4, -0.2) is 61.8 Å². The molecule has 0 aromatic heterocycles. The van der Waals surface area contributed by atoms with Gasteiger partial charge in [0.1, 0.15) is 0 Å². The minimum atomic E-state index is -3.53. The lowest BCUT2D eigenvalue weighted by Gasteiger charge is -2.27. The Kier molecular flexibility index (Phi) is 6.69. The van der Waals surface area contributed by atoms with E-state index in [-0.39, 0.29) is 23.2 Å². The van der Waals surface area contributed by atoms with Gasteiger partial charge in [0.15, 0.2) is 0 Å². The van der Waals surface area contributed by atoms with Crippen LogP contribution in [-0.2, 0) is 10.0 Å². The predicted octanol–water partition coefficient (Wildman–Crippen LogP) is 2.56. The van der Waals surface area contributed by atoms with Crippen LogP contribution in [0.4, 0.5) is 0 Å². The highest BCUT2D eigenvalue weighted by atomic mass is 35.5. The molecular weight excluding hydrogens is 398 g/mol. The van der Waals surface area contributed by atoms with E-state index in [0.717, 1.165) is 44.2 Å². The fourth-order valence-corrected chi connectivity index (χ4v) is 6.09. The van der Waals surface area contributed by atoms with Gasteiger partial charge < -0.3 is 10.2 Å². The maximum atomic E-state index is 13.2. The third-order valence-electron chi connectivity index (χ3n) is 6.20. The van der Waals surface area contributed by atoms with Crippen LogP contribution < -0.4 is 5.32 Å². The number of rotatable bonds is 3. The molecule has 28 heavy (non-hydrogen) atoms. The van der Waals surface area contributed by atoms with Gasteiger partial charge in [-0.2, -0.15) is 4.31 Å². The smallest absolute Gasteiger partial charge is 0.254 e. The highest BCUT2D eigenvalue weighted by Gasteiger charge is 2.33. The zero-order valence-electron chi connectivity index (χ0n) is 16.4. The fourth-order valence-electron chi connectivity index (χ4n) is 4.54. The molecule has 1 amide bonds. The zero-order chi connectivity index (χ0) is 19.0. The Balaban J connectivity index is 0.00000225. The van der Waals surface area contributed by atoms with Crippen LogP contribution in [0.2, 0.25) is 0 Å². The number of likely N-dealkylation sites (tertiary alicyclic amines) is 1. The van der Waals surface area contributed by atoms with Crippen molar-refractivity contribution < 1.29 is 13.2 Å². The van der Waals surface area contributed by atoms with Crippen molar-refractivity contribution in [1.82, 2.24) is 14.5 Å². The summed E-state index contributed by atoms with van der Waals surface area (Å²) >= 11 is 0. The monoisotopic (exact) mass is 427 g/mol. The largest absolute Gasteiger partial charge is 0.337 e. The van der Waals surface area contributed by atoms with E-state index in [2.05, 4.69) is 5.32 Å². The number of carbonyl (C=O) groups excluding carboxylic acids is 1. The highest BCUT2D eigenvalue weighted by Crippen LogP contribution is 2.25. The van der Waals surface area contributed by atoms with Crippen LogP contribution in [0.15, 0.2) is 23.1 Å². The standard InChI is InChI=1S/C20H29N3O3S.ClH/c1-15-5-8-18(27(25,26)23-10-3-2-4-11-23)13-19(15)20(24)22-12-9-16-6-7-17(14-22)21-16;/h5,8,13,16-17,21H,2-4,6-7,9-12,14H2,1H3;1H. The molecule has 0 spiro atoms. The minimum Gasteiger partial charge on any atom is -0.337 e. The first-order chi connectivity index (χ1) is 12.9. The molecule has 0 radical (unpaired) electrons. The van der Waals surface area contributed by atoms with Crippen LogP contribution in [0.5, 0.6) is 0 Å². The lowest BCUT2D eigenvalue weighted by molar-refractivity contribution is 0.0747. The third kappa shape index (κ3) is 4.22. The Bertz CT molecular complexity index is 824. The van der Waals surface area contributed by atoms with E-state index in [1.54, 1.807) is 22.5 Å². The number of amides is 1. The van der Waals surface area contributed by atoms with Crippen molar-refractivity contribution in [2.24, 2.45) is 0 Å². The van der Waals surface area contributed by atoms with Gasteiger partial charge in [0.05, 0.1) is 4.90 Å². The second kappa shape index (κ2) is 8.69. The van der Waals surface area contributed by atoms with E-state index in [9.17, 15) is 13.2 Å². The summed E-state index contributed by atoms with van der Waals surface area (Å²) in [6, 6.07) is 5.88. The highest BCUT2D eigenvalue weighted by molar-refractivity contribution is 7.89.